The molecule has 0 amide bonds. The predicted molar refractivity (Wildman–Crippen MR) is 147 cm³/mol. The lowest BCUT2D eigenvalue weighted by Crippen LogP contribution is -2.47. The molecule has 0 spiro atoms. The standard InChI is InChI=1S/C21H44N4O6S2Si2/c1-7-26-34(27-8-2,28-9-3)17-13-15-25(19-22-20(32)24-21(33)23-19)16-14-18-35(29-10-4,30-11-5)31-12-6/h7-18H2,1-6H3,(H2,22,23,24,32,33). The Morgan fingerprint density at radius 3 is 1.17 bits per heavy atom. The van der Waals surface area contributed by atoms with E-state index in [0.717, 1.165) is 12.8 Å². The average molecular weight is 569 g/mol. The van der Waals surface area contributed by atoms with E-state index < -0.39 is 17.6 Å². The second-order valence-corrected chi connectivity index (χ2v) is 13.7. The van der Waals surface area contributed by atoms with Crippen LogP contribution in [0.2, 0.25) is 12.1 Å². The fraction of sp³-hybridized carbons (Fsp3) is 0.857. The van der Waals surface area contributed by atoms with Crippen LogP contribution in [-0.4, -0.2) is 85.3 Å². The van der Waals surface area contributed by atoms with E-state index in [0.29, 0.717) is 81.1 Å². The molecular weight excluding hydrogens is 525 g/mol. The Morgan fingerprint density at radius 1 is 0.571 bits per heavy atom. The third-order valence-corrected chi connectivity index (χ3v) is 11.6. The molecule has 10 nitrogen and oxygen atoms in total. The lowest BCUT2D eigenvalue weighted by Gasteiger charge is -2.31. The van der Waals surface area contributed by atoms with Crippen LogP contribution in [0.4, 0.5) is 5.95 Å². The van der Waals surface area contributed by atoms with Crippen LogP contribution in [0.25, 0.3) is 0 Å². The Hall–Kier alpha value is -0.296. The summed E-state index contributed by atoms with van der Waals surface area (Å²) in [7, 11) is -5.48. The fourth-order valence-corrected chi connectivity index (χ4v) is 9.41. The molecule has 0 N–H and O–H groups in total. The summed E-state index contributed by atoms with van der Waals surface area (Å²) in [5.74, 6) is 0.531. The van der Waals surface area contributed by atoms with E-state index in [4.69, 9.17) is 26.6 Å². The smallest absolute Gasteiger partial charge is 0.374 e. The molecule has 0 aliphatic rings. The van der Waals surface area contributed by atoms with E-state index in [1.54, 1.807) is 0 Å². The Balaban J connectivity index is 2.99. The largest absolute Gasteiger partial charge is 0.500 e. The molecular formula is C21H44N4O6S2Si2. The van der Waals surface area contributed by atoms with Gasteiger partial charge in [-0.15, -0.1) is 25.3 Å². The molecule has 35 heavy (non-hydrogen) atoms. The summed E-state index contributed by atoms with van der Waals surface area (Å²) in [5.41, 5.74) is 0. The maximum atomic E-state index is 6.01. The van der Waals surface area contributed by atoms with Gasteiger partial charge in [0, 0.05) is 64.8 Å². The second kappa shape index (κ2) is 18.0. The number of hydrogen-bond acceptors (Lipinski definition) is 12. The number of anilines is 1. The highest BCUT2D eigenvalue weighted by molar-refractivity contribution is 7.80. The van der Waals surface area contributed by atoms with E-state index >= 15 is 0 Å². The quantitative estimate of drug-likeness (QED) is 0.166. The number of rotatable bonds is 21. The van der Waals surface area contributed by atoms with Crippen molar-refractivity contribution in [3.63, 3.8) is 0 Å². The van der Waals surface area contributed by atoms with Crippen molar-refractivity contribution in [3.05, 3.63) is 0 Å². The molecule has 0 atom stereocenters. The minimum absolute atomic E-state index is 0.327. The highest BCUT2D eigenvalue weighted by Gasteiger charge is 2.41. The highest BCUT2D eigenvalue weighted by atomic mass is 32.1. The molecule has 1 heterocycles. The summed E-state index contributed by atoms with van der Waals surface area (Å²) in [6.07, 6.45) is 1.57. The van der Waals surface area contributed by atoms with Gasteiger partial charge in [0.2, 0.25) is 5.95 Å². The van der Waals surface area contributed by atoms with E-state index in [-0.39, 0.29) is 0 Å². The van der Waals surface area contributed by atoms with Crippen molar-refractivity contribution in [2.24, 2.45) is 0 Å². The van der Waals surface area contributed by atoms with Crippen LogP contribution in [0.15, 0.2) is 10.3 Å². The Kier molecular flexibility index (Phi) is 16.9. The maximum Gasteiger partial charge on any atom is 0.500 e. The first-order valence-corrected chi connectivity index (χ1v) is 17.3. The third kappa shape index (κ3) is 11.7. The van der Waals surface area contributed by atoms with Crippen LogP contribution >= 0.6 is 25.3 Å². The second-order valence-electron chi connectivity index (χ2n) is 7.39. The van der Waals surface area contributed by atoms with Crippen LogP contribution in [0.5, 0.6) is 0 Å². The summed E-state index contributed by atoms with van der Waals surface area (Å²) < 4.78 is 36.1. The van der Waals surface area contributed by atoms with Gasteiger partial charge >= 0.3 is 17.6 Å². The van der Waals surface area contributed by atoms with Gasteiger partial charge < -0.3 is 31.5 Å². The molecule has 0 fully saturated rings. The minimum atomic E-state index is -2.74. The molecule has 1 rings (SSSR count). The Bertz CT molecular complexity index is 627. The van der Waals surface area contributed by atoms with Crippen molar-refractivity contribution in [1.29, 1.82) is 0 Å². The molecule has 0 aliphatic carbocycles. The SMILES string of the molecule is CCO[Si](CCCN(CCC[Si](OCC)(OCC)OCC)c1nc(S)nc(S)n1)(OCC)OCC. The minimum Gasteiger partial charge on any atom is -0.374 e. The maximum absolute atomic E-state index is 6.01. The molecule has 1 aromatic rings. The molecule has 14 heteroatoms. The summed E-state index contributed by atoms with van der Waals surface area (Å²) in [6.45, 7) is 16.4. The number of hydrogen-bond donors (Lipinski definition) is 2. The lowest BCUT2D eigenvalue weighted by molar-refractivity contribution is 0.0705. The summed E-state index contributed by atoms with van der Waals surface area (Å²) in [4.78, 5) is 15.1. The Morgan fingerprint density at radius 2 is 0.886 bits per heavy atom. The summed E-state index contributed by atoms with van der Waals surface area (Å²) >= 11 is 8.63. The van der Waals surface area contributed by atoms with Gasteiger partial charge in [-0.3, -0.25) is 0 Å². The van der Waals surface area contributed by atoms with E-state index in [1.165, 1.54) is 0 Å². The molecule has 1 aromatic heterocycles. The molecule has 0 bridgehead atoms. The van der Waals surface area contributed by atoms with Gasteiger partial charge in [-0.05, 0) is 54.4 Å². The van der Waals surface area contributed by atoms with Gasteiger partial charge in [-0.1, -0.05) is 0 Å². The number of nitrogens with zero attached hydrogens (tertiary/aromatic N) is 4. The zero-order valence-corrected chi connectivity index (χ0v) is 25.9. The molecule has 0 radical (unpaired) electrons. The van der Waals surface area contributed by atoms with Crippen LogP contribution in [0.3, 0.4) is 0 Å². The van der Waals surface area contributed by atoms with Gasteiger partial charge in [-0.25, -0.2) is 0 Å². The van der Waals surface area contributed by atoms with Crippen molar-refractivity contribution in [1.82, 2.24) is 15.0 Å². The number of aromatic nitrogens is 3. The molecule has 0 unspecified atom stereocenters. The first kappa shape index (κ1) is 32.7. The molecule has 0 aliphatic heterocycles. The van der Waals surface area contributed by atoms with Crippen LogP contribution in [0.1, 0.15) is 54.4 Å². The molecule has 204 valence electrons. The van der Waals surface area contributed by atoms with Crippen molar-refractivity contribution < 1.29 is 26.6 Å². The first-order valence-electron chi connectivity index (χ1n) is 12.6. The average Bonchev–Trinajstić information content (AvgIpc) is 2.78. The van der Waals surface area contributed by atoms with Crippen molar-refractivity contribution in [2.45, 2.75) is 76.8 Å². The molecule has 0 saturated carbocycles. The monoisotopic (exact) mass is 568 g/mol. The van der Waals surface area contributed by atoms with Gasteiger partial charge in [-0.2, -0.15) is 15.0 Å². The third-order valence-electron chi connectivity index (χ3n) is 4.89. The van der Waals surface area contributed by atoms with Crippen molar-refractivity contribution >= 4 is 48.8 Å². The van der Waals surface area contributed by atoms with Crippen LogP contribution in [0, 0.1) is 0 Å². The summed E-state index contributed by atoms with van der Waals surface area (Å²) in [6, 6.07) is 1.39. The van der Waals surface area contributed by atoms with Crippen LogP contribution in [-0.2, 0) is 26.6 Å². The van der Waals surface area contributed by atoms with Gasteiger partial charge in [0.05, 0.1) is 0 Å². The highest BCUT2D eigenvalue weighted by Crippen LogP contribution is 2.23. The van der Waals surface area contributed by atoms with E-state index in [2.05, 4.69) is 45.1 Å². The molecule has 0 saturated heterocycles. The predicted octanol–water partition coefficient (Wildman–Crippen LogP) is 4.13. The topological polar surface area (TPSA) is 97.3 Å². The zero-order chi connectivity index (χ0) is 26.2. The first-order chi connectivity index (χ1) is 16.8. The Labute approximate surface area is 224 Å². The van der Waals surface area contributed by atoms with Crippen molar-refractivity contribution in [3.8, 4) is 0 Å². The lowest BCUT2D eigenvalue weighted by atomic mass is 10.3. The summed E-state index contributed by atoms with van der Waals surface area (Å²) in [5, 5.41) is 0.654. The van der Waals surface area contributed by atoms with Crippen LogP contribution < -0.4 is 4.90 Å². The van der Waals surface area contributed by atoms with Gasteiger partial charge in [0.1, 0.15) is 0 Å². The van der Waals surface area contributed by atoms with E-state index in [9.17, 15) is 0 Å². The van der Waals surface area contributed by atoms with Crippen molar-refractivity contribution in [2.75, 3.05) is 57.6 Å². The molecule has 0 aromatic carbocycles. The van der Waals surface area contributed by atoms with Gasteiger partial charge in [0.15, 0.2) is 10.3 Å². The van der Waals surface area contributed by atoms with Gasteiger partial charge in [0.25, 0.3) is 0 Å². The normalized spacial score (nSPS) is 12.3. The number of thiol groups is 2. The van der Waals surface area contributed by atoms with E-state index in [1.807, 2.05) is 41.5 Å². The fourth-order valence-electron chi connectivity index (χ4n) is 3.77. The zero-order valence-electron chi connectivity index (χ0n) is 22.1.